The Labute approximate surface area is 52.5 Å². The number of aliphatic hydroxyl groups excluding tert-OH is 1. The van der Waals surface area contributed by atoms with Crippen molar-refractivity contribution in [1.29, 1.82) is 5.26 Å². The average molecular weight is 123 g/mol. The molecular weight excluding hydrogens is 118 g/mol. The van der Waals surface area contributed by atoms with Gasteiger partial charge in [-0.05, 0) is 6.08 Å². The molecule has 3 heteroatoms. The smallest absolute Gasteiger partial charge is 0.147 e. The monoisotopic (exact) mass is 123 g/mol. The molecule has 0 aromatic carbocycles. The topological polar surface area (TPSA) is 53.2 Å². The normalized spacial score (nSPS) is 16.8. The summed E-state index contributed by atoms with van der Waals surface area (Å²) in [6.45, 7) is 0.111. The van der Waals surface area contributed by atoms with E-state index in [0.717, 1.165) is 0 Å². The van der Waals surface area contributed by atoms with Crippen LogP contribution < -0.4 is 0 Å². The molecule has 1 aliphatic heterocycles. The van der Waals surface area contributed by atoms with Crippen LogP contribution in [0.3, 0.4) is 0 Å². The van der Waals surface area contributed by atoms with Crippen LogP contribution in [0, 0.1) is 11.3 Å². The van der Waals surface area contributed by atoms with Gasteiger partial charge in [0.15, 0.2) is 0 Å². The standard InChI is InChI=1S/C6H5NO2/c7-3-5-1-2-9-4-6(5)8/h1-2,8H,4H2. The third-order valence-corrected chi connectivity index (χ3v) is 0.982. The Balaban J connectivity index is 2.88. The van der Waals surface area contributed by atoms with E-state index in [2.05, 4.69) is 4.74 Å². The van der Waals surface area contributed by atoms with Crippen molar-refractivity contribution in [2.24, 2.45) is 0 Å². The highest BCUT2D eigenvalue weighted by Crippen LogP contribution is 2.07. The first-order valence-electron chi connectivity index (χ1n) is 2.45. The Bertz CT molecular complexity index is 210. The van der Waals surface area contributed by atoms with Gasteiger partial charge in [0.2, 0.25) is 0 Å². The zero-order chi connectivity index (χ0) is 6.69. The number of aliphatic hydroxyl groups is 1. The molecule has 0 aliphatic carbocycles. The van der Waals surface area contributed by atoms with Crippen molar-refractivity contribution in [2.45, 2.75) is 0 Å². The van der Waals surface area contributed by atoms with Gasteiger partial charge in [0.05, 0.1) is 11.8 Å². The van der Waals surface area contributed by atoms with E-state index >= 15 is 0 Å². The van der Waals surface area contributed by atoms with E-state index in [1.165, 1.54) is 12.3 Å². The predicted octanol–water partition coefficient (Wildman–Crippen LogP) is 0.866. The van der Waals surface area contributed by atoms with Crippen LogP contribution in [0.2, 0.25) is 0 Å². The van der Waals surface area contributed by atoms with Crippen molar-refractivity contribution in [3.8, 4) is 6.07 Å². The second-order valence-corrected chi connectivity index (χ2v) is 1.59. The van der Waals surface area contributed by atoms with Gasteiger partial charge < -0.3 is 9.84 Å². The molecule has 1 rings (SSSR count). The van der Waals surface area contributed by atoms with Crippen molar-refractivity contribution in [1.82, 2.24) is 0 Å². The molecule has 3 nitrogen and oxygen atoms in total. The number of hydrogen-bond acceptors (Lipinski definition) is 3. The zero-order valence-corrected chi connectivity index (χ0v) is 4.66. The number of allylic oxidation sites excluding steroid dienone is 2. The lowest BCUT2D eigenvalue weighted by molar-refractivity contribution is 0.215. The van der Waals surface area contributed by atoms with E-state index in [4.69, 9.17) is 10.4 Å². The van der Waals surface area contributed by atoms with Crippen LogP contribution in [0.25, 0.3) is 0 Å². The third kappa shape index (κ3) is 1.03. The van der Waals surface area contributed by atoms with Gasteiger partial charge in [-0.3, -0.25) is 0 Å². The molecule has 0 bridgehead atoms. The molecule has 1 heterocycles. The summed E-state index contributed by atoms with van der Waals surface area (Å²) in [4.78, 5) is 0. The summed E-state index contributed by atoms with van der Waals surface area (Å²) in [6, 6.07) is 1.82. The number of ether oxygens (including phenoxy) is 1. The lowest BCUT2D eigenvalue weighted by Crippen LogP contribution is -1.99. The van der Waals surface area contributed by atoms with Crippen LogP contribution in [0.1, 0.15) is 0 Å². The lowest BCUT2D eigenvalue weighted by atomic mass is 10.2. The van der Waals surface area contributed by atoms with Gasteiger partial charge in [0.25, 0.3) is 0 Å². The largest absolute Gasteiger partial charge is 0.507 e. The highest BCUT2D eigenvalue weighted by Gasteiger charge is 2.04. The van der Waals surface area contributed by atoms with Crippen molar-refractivity contribution in [3.63, 3.8) is 0 Å². The van der Waals surface area contributed by atoms with Crippen molar-refractivity contribution >= 4 is 0 Å². The molecule has 0 aromatic heterocycles. The second kappa shape index (κ2) is 2.23. The second-order valence-electron chi connectivity index (χ2n) is 1.59. The van der Waals surface area contributed by atoms with Gasteiger partial charge in [0.1, 0.15) is 18.4 Å². The molecule has 0 saturated heterocycles. The zero-order valence-electron chi connectivity index (χ0n) is 4.66. The highest BCUT2D eigenvalue weighted by atomic mass is 16.5. The molecule has 0 radical (unpaired) electrons. The molecule has 1 aliphatic rings. The van der Waals surface area contributed by atoms with E-state index in [-0.39, 0.29) is 17.9 Å². The molecule has 1 N–H and O–H groups in total. The van der Waals surface area contributed by atoms with Crippen molar-refractivity contribution in [3.05, 3.63) is 23.7 Å². The van der Waals surface area contributed by atoms with E-state index in [0.29, 0.717) is 0 Å². The molecule has 46 valence electrons. The van der Waals surface area contributed by atoms with Crippen LogP contribution >= 0.6 is 0 Å². The first kappa shape index (κ1) is 5.70. The molecular formula is C6H5NO2. The van der Waals surface area contributed by atoms with Crippen LogP contribution in [-0.2, 0) is 4.74 Å². The first-order chi connectivity index (χ1) is 4.34. The summed E-state index contributed by atoms with van der Waals surface area (Å²) in [5.41, 5.74) is 0.279. The summed E-state index contributed by atoms with van der Waals surface area (Å²) >= 11 is 0. The summed E-state index contributed by atoms with van der Waals surface area (Å²) < 4.78 is 4.67. The minimum absolute atomic E-state index is 0.000000000000000444. The summed E-state index contributed by atoms with van der Waals surface area (Å²) in [6.07, 6.45) is 2.82. The van der Waals surface area contributed by atoms with E-state index in [9.17, 15) is 0 Å². The van der Waals surface area contributed by atoms with Gasteiger partial charge in [-0.15, -0.1) is 0 Å². The van der Waals surface area contributed by atoms with E-state index in [1.807, 2.05) is 6.07 Å². The maximum atomic E-state index is 8.85. The fourth-order valence-electron chi connectivity index (χ4n) is 0.519. The minimum atomic E-state index is 0.000000000000000444. The van der Waals surface area contributed by atoms with E-state index < -0.39 is 0 Å². The number of nitrogens with zero attached hydrogens (tertiary/aromatic N) is 1. The Hall–Kier alpha value is -1.43. The molecule has 0 aromatic rings. The molecule has 0 saturated carbocycles. The maximum absolute atomic E-state index is 8.85. The summed E-state index contributed by atoms with van der Waals surface area (Å²) in [7, 11) is 0. The van der Waals surface area contributed by atoms with Gasteiger partial charge >= 0.3 is 0 Å². The molecule has 9 heavy (non-hydrogen) atoms. The van der Waals surface area contributed by atoms with Crippen molar-refractivity contribution < 1.29 is 9.84 Å². The summed E-state index contributed by atoms with van der Waals surface area (Å²) in [5, 5.41) is 17.1. The Kier molecular flexibility index (Phi) is 1.41. The molecule has 0 amide bonds. The average Bonchev–Trinajstić information content (AvgIpc) is 1.89. The summed E-state index contributed by atoms with van der Waals surface area (Å²) in [5.74, 6) is 0.000000000000000444. The molecule has 0 fully saturated rings. The molecule has 0 spiro atoms. The molecule has 0 atom stereocenters. The van der Waals surface area contributed by atoms with Gasteiger partial charge in [-0.1, -0.05) is 0 Å². The van der Waals surface area contributed by atoms with Crippen LogP contribution in [0.15, 0.2) is 23.7 Å². The first-order valence-corrected chi connectivity index (χ1v) is 2.45. The Morgan fingerprint density at radius 3 is 3.00 bits per heavy atom. The minimum Gasteiger partial charge on any atom is -0.507 e. The number of hydrogen-bond donors (Lipinski definition) is 1. The predicted molar refractivity (Wildman–Crippen MR) is 30.4 cm³/mol. The van der Waals surface area contributed by atoms with Crippen LogP contribution in [0.5, 0.6) is 0 Å². The van der Waals surface area contributed by atoms with Crippen LogP contribution in [-0.4, -0.2) is 11.7 Å². The fourth-order valence-corrected chi connectivity index (χ4v) is 0.519. The van der Waals surface area contributed by atoms with Crippen LogP contribution in [0.4, 0.5) is 0 Å². The van der Waals surface area contributed by atoms with Gasteiger partial charge in [-0.25, -0.2) is 0 Å². The fraction of sp³-hybridized carbons (Fsp3) is 0.167. The Morgan fingerprint density at radius 2 is 2.56 bits per heavy atom. The maximum Gasteiger partial charge on any atom is 0.147 e. The van der Waals surface area contributed by atoms with Gasteiger partial charge in [-0.2, -0.15) is 5.26 Å². The Morgan fingerprint density at radius 1 is 1.78 bits per heavy atom. The molecule has 0 unspecified atom stereocenters. The van der Waals surface area contributed by atoms with Gasteiger partial charge in [0, 0.05) is 0 Å². The third-order valence-electron chi connectivity index (χ3n) is 0.982. The highest BCUT2D eigenvalue weighted by molar-refractivity contribution is 5.36. The number of rotatable bonds is 0. The van der Waals surface area contributed by atoms with Crippen molar-refractivity contribution in [2.75, 3.05) is 6.61 Å². The van der Waals surface area contributed by atoms with E-state index in [1.54, 1.807) is 0 Å². The SMILES string of the molecule is N#CC1=C(O)COC=C1. The quantitative estimate of drug-likeness (QED) is 0.519. The lowest BCUT2D eigenvalue weighted by Gasteiger charge is -2.04. The number of nitriles is 1.